The van der Waals surface area contributed by atoms with Crippen LogP contribution in [0.5, 0.6) is 0 Å². The number of carbonyl (C=O) groups excluding carboxylic acids is 2. The zero-order valence-electron chi connectivity index (χ0n) is 18.7. The molecule has 4 N–H and O–H groups in total. The number of anilines is 1. The van der Waals surface area contributed by atoms with Crippen LogP contribution in [-0.2, 0) is 4.79 Å². The Bertz CT molecular complexity index is 1270. The molecule has 1 saturated heterocycles. The van der Waals surface area contributed by atoms with Crippen molar-refractivity contribution in [3.05, 3.63) is 40.5 Å². The van der Waals surface area contributed by atoms with E-state index < -0.39 is 30.2 Å². The number of alkyl halides is 3. The van der Waals surface area contributed by atoms with Crippen molar-refractivity contribution < 1.29 is 22.8 Å². The minimum Gasteiger partial charge on any atom is -0.366 e. The van der Waals surface area contributed by atoms with Crippen LogP contribution in [0.15, 0.2) is 34.8 Å². The van der Waals surface area contributed by atoms with E-state index in [9.17, 15) is 22.8 Å². The minimum absolute atomic E-state index is 0.0288. The van der Waals surface area contributed by atoms with Gasteiger partial charge in [-0.15, -0.1) is 0 Å². The van der Waals surface area contributed by atoms with Crippen molar-refractivity contribution >= 4 is 40.4 Å². The average molecular weight is 511 g/mol. The Morgan fingerprint density at radius 1 is 1.31 bits per heavy atom. The third-order valence-corrected chi connectivity index (χ3v) is 6.63. The van der Waals surface area contributed by atoms with Gasteiger partial charge in [0.2, 0.25) is 5.91 Å². The fourth-order valence-electron chi connectivity index (χ4n) is 4.45. The molecular formula is C21H22ClF3N8O2. The lowest BCUT2D eigenvalue weighted by molar-refractivity contribution is -0.158. The van der Waals surface area contributed by atoms with Gasteiger partial charge in [-0.2, -0.15) is 18.3 Å². The molecule has 2 bridgehead atoms. The predicted molar refractivity (Wildman–Crippen MR) is 121 cm³/mol. The van der Waals surface area contributed by atoms with Crippen molar-refractivity contribution in [2.24, 2.45) is 0 Å². The lowest BCUT2D eigenvalue weighted by Crippen LogP contribution is -2.58. The molecule has 1 fully saturated rings. The van der Waals surface area contributed by atoms with Gasteiger partial charge in [-0.05, 0) is 38.5 Å². The highest BCUT2D eigenvalue weighted by Crippen LogP contribution is 2.36. The van der Waals surface area contributed by atoms with Crippen molar-refractivity contribution in [3.63, 3.8) is 0 Å². The molecule has 10 nitrogen and oxygen atoms in total. The number of hydrogen-bond donors (Lipinski definition) is 4. The second-order valence-electron chi connectivity index (χ2n) is 8.72. The number of rotatable bonds is 3. The number of aromatic nitrogens is 3. The van der Waals surface area contributed by atoms with Crippen LogP contribution in [0.3, 0.4) is 0 Å². The fraction of sp³-hybridized carbons (Fsp3) is 0.429. The quantitative estimate of drug-likeness (QED) is 0.504. The van der Waals surface area contributed by atoms with Crippen molar-refractivity contribution in [3.8, 4) is 0 Å². The third kappa shape index (κ3) is 4.13. The first-order valence-corrected chi connectivity index (χ1v) is 11.3. The minimum atomic E-state index is -4.60. The predicted octanol–water partition coefficient (Wildman–Crippen LogP) is 2.52. The van der Waals surface area contributed by atoms with Crippen LogP contribution in [0.4, 0.5) is 23.8 Å². The Labute approximate surface area is 202 Å². The number of nitrogens with zero attached hydrogens (tertiary/aromatic N) is 4. The summed E-state index contributed by atoms with van der Waals surface area (Å²) < 4.78 is 38.9. The van der Waals surface area contributed by atoms with Gasteiger partial charge < -0.3 is 15.5 Å². The van der Waals surface area contributed by atoms with Gasteiger partial charge in [0, 0.05) is 18.8 Å². The second kappa shape index (κ2) is 8.33. The van der Waals surface area contributed by atoms with Crippen molar-refractivity contribution in [1.82, 2.24) is 35.6 Å². The zero-order chi connectivity index (χ0) is 25.1. The van der Waals surface area contributed by atoms with E-state index in [2.05, 4.69) is 25.8 Å². The van der Waals surface area contributed by atoms with E-state index >= 15 is 0 Å². The van der Waals surface area contributed by atoms with Crippen molar-refractivity contribution in [2.45, 2.75) is 44.6 Å². The maximum absolute atomic E-state index is 13.4. The number of aromatic amines is 1. The summed E-state index contributed by atoms with van der Waals surface area (Å²) in [5.41, 5.74) is 1.90. The van der Waals surface area contributed by atoms with Gasteiger partial charge in [-0.1, -0.05) is 11.6 Å². The maximum Gasteiger partial charge on any atom is 0.408 e. The molecule has 3 amide bonds. The highest BCUT2D eigenvalue weighted by Gasteiger charge is 2.45. The molecule has 3 aliphatic heterocycles. The lowest BCUT2D eigenvalue weighted by atomic mass is 10.1. The lowest BCUT2D eigenvalue weighted by Gasteiger charge is -2.41. The van der Waals surface area contributed by atoms with E-state index in [0.29, 0.717) is 42.1 Å². The summed E-state index contributed by atoms with van der Waals surface area (Å²) >= 11 is 6.31. The number of pyridine rings is 1. The van der Waals surface area contributed by atoms with Crippen LogP contribution in [0.25, 0.3) is 11.0 Å². The van der Waals surface area contributed by atoms with Crippen LogP contribution in [0, 0.1) is 6.92 Å². The number of nitrogens with one attached hydrogen (secondary N) is 4. The summed E-state index contributed by atoms with van der Waals surface area (Å²) in [4.78, 5) is 33.9. The molecule has 0 radical (unpaired) electrons. The molecule has 3 aliphatic rings. The monoisotopic (exact) mass is 510 g/mol. The summed E-state index contributed by atoms with van der Waals surface area (Å²) in [7, 11) is 0. The summed E-state index contributed by atoms with van der Waals surface area (Å²) in [6, 6.07) is -0.474. The Balaban J connectivity index is 1.41. The van der Waals surface area contributed by atoms with Gasteiger partial charge >= 0.3 is 12.2 Å². The molecule has 186 valence electrons. The van der Waals surface area contributed by atoms with Gasteiger partial charge in [0.25, 0.3) is 0 Å². The number of dihydropyridines is 1. The molecule has 0 saturated carbocycles. The maximum atomic E-state index is 13.4. The molecular weight excluding hydrogens is 489 g/mol. The normalized spacial score (nSPS) is 22.5. The number of aryl methyl sites for hydroxylation is 1. The SMILES string of the molecule is Cc1ccc2c(NC(=O)N3C4=C(C=C(Cl)C(C(=O)N[C@H](C)C(F)(F)F)N4)N4CC[C@H]3C4)n[nH]c2n1. The first-order valence-electron chi connectivity index (χ1n) is 10.9. The van der Waals surface area contributed by atoms with Crippen LogP contribution in [0.1, 0.15) is 19.0 Å². The molecule has 14 heteroatoms. The van der Waals surface area contributed by atoms with E-state index in [1.54, 1.807) is 12.1 Å². The summed E-state index contributed by atoms with van der Waals surface area (Å²) in [5.74, 6) is -0.359. The highest BCUT2D eigenvalue weighted by molar-refractivity contribution is 6.32. The Kier molecular flexibility index (Phi) is 5.54. The van der Waals surface area contributed by atoms with E-state index in [0.717, 1.165) is 12.6 Å². The van der Waals surface area contributed by atoms with Crippen molar-refractivity contribution in [2.75, 3.05) is 18.4 Å². The van der Waals surface area contributed by atoms with Crippen LogP contribution in [0.2, 0.25) is 0 Å². The van der Waals surface area contributed by atoms with Gasteiger partial charge in [0.15, 0.2) is 11.5 Å². The molecule has 35 heavy (non-hydrogen) atoms. The number of H-pyrrole nitrogens is 1. The number of allylic oxidation sites excluding steroid dienone is 1. The van der Waals surface area contributed by atoms with Gasteiger partial charge in [0.1, 0.15) is 17.9 Å². The van der Waals surface area contributed by atoms with E-state index in [4.69, 9.17) is 11.6 Å². The summed E-state index contributed by atoms with van der Waals surface area (Å²) in [5, 5.41) is 15.2. The van der Waals surface area contributed by atoms with Crippen LogP contribution >= 0.6 is 11.6 Å². The Hall–Kier alpha value is -3.48. The van der Waals surface area contributed by atoms with Crippen molar-refractivity contribution in [1.29, 1.82) is 0 Å². The summed E-state index contributed by atoms with van der Waals surface area (Å²) in [6.07, 6.45) is -2.42. The number of halogens is 4. The zero-order valence-corrected chi connectivity index (χ0v) is 19.5. The van der Waals surface area contributed by atoms with Gasteiger partial charge in [0.05, 0.1) is 22.2 Å². The molecule has 3 atom stereocenters. The number of amides is 3. The Morgan fingerprint density at radius 2 is 2.09 bits per heavy atom. The first kappa shape index (κ1) is 23.3. The van der Waals surface area contributed by atoms with E-state index in [1.165, 1.54) is 11.0 Å². The molecule has 5 heterocycles. The van der Waals surface area contributed by atoms with Crippen LogP contribution in [-0.4, -0.2) is 74.3 Å². The van der Waals surface area contributed by atoms with Gasteiger partial charge in [-0.25, -0.2) is 9.78 Å². The molecule has 5 rings (SSSR count). The largest absolute Gasteiger partial charge is 0.408 e. The Morgan fingerprint density at radius 3 is 2.83 bits per heavy atom. The average Bonchev–Trinajstić information content (AvgIpc) is 3.38. The second-order valence-corrected chi connectivity index (χ2v) is 9.16. The highest BCUT2D eigenvalue weighted by atomic mass is 35.5. The molecule has 0 aliphatic carbocycles. The molecule has 1 unspecified atom stereocenters. The number of fused-ring (bicyclic) bond motifs is 4. The van der Waals surface area contributed by atoms with Gasteiger partial charge in [-0.3, -0.25) is 20.1 Å². The molecule has 2 aromatic heterocycles. The molecule has 0 spiro atoms. The number of urea groups is 1. The number of carbonyl (C=O) groups is 2. The molecule has 2 aromatic rings. The summed E-state index contributed by atoms with van der Waals surface area (Å²) in [6.45, 7) is 3.90. The topological polar surface area (TPSA) is 118 Å². The number of hydrogen-bond acceptors (Lipinski definition) is 6. The fourth-order valence-corrected chi connectivity index (χ4v) is 4.70. The third-order valence-electron chi connectivity index (χ3n) is 6.30. The first-order chi connectivity index (χ1) is 16.5. The molecule has 0 aromatic carbocycles. The van der Waals surface area contributed by atoms with E-state index in [-0.39, 0.29) is 16.9 Å². The van der Waals surface area contributed by atoms with Crippen LogP contribution < -0.4 is 16.0 Å². The standard InChI is InChI=1S/C21H22ClF3N8O2/c1-9-3-4-12-16(26-9)30-31-17(12)29-20(35)33-11-5-6-32(8-11)14-7-13(22)15(28-18(14)33)19(34)27-10(2)21(23,24)25/h3-4,7,10-11,15,28H,5-6,8H2,1-2H3,(H,27,34)(H2,26,29,30,31,35)/t10-,11+,15?/m1/s1. The smallest absolute Gasteiger partial charge is 0.366 e. The van der Waals surface area contributed by atoms with E-state index in [1.807, 2.05) is 17.1 Å².